The van der Waals surface area contributed by atoms with Crippen molar-refractivity contribution in [2.24, 2.45) is 0 Å². The van der Waals surface area contributed by atoms with Gasteiger partial charge in [-0.3, -0.25) is 5.32 Å². The molecule has 1 fully saturated rings. The molecule has 1 saturated heterocycles. The summed E-state index contributed by atoms with van der Waals surface area (Å²) in [5.41, 5.74) is 2.34. The molecule has 0 radical (unpaired) electrons. The third kappa shape index (κ3) is 3.58. The van der Waals surface area contributed by atoms with Crippen molar-refractivity contribution in [2.45, 2.75) is 25.0 Å². The summed E-state index contributed by atoms with van der Waals surface area (Å²) in [4.78, 5) is 12.1. The average Bonchev–Trinajstić information content (AvgIpc) is 3.19. The highest BCUT2D eigenvalue weighted by Crippen LogP contribution is 2.27. The number of aromatic nitrogens is 2. The number of carbonyl (C=O) groups is 1. The minimum atomic E-state index is -0.387. The molecule has 0 spiro atoms. The van der Waals surface area contributed by atoms with Crippen molar-refractivity contribution in [3.63, 3.8) is 0 Å². The largest absolute Gasteiger partial charge is 0.376 e. The molecule has 1 aromatic carbocycles. The first kappa shape index (κ1) is 14.9. The predicted octanol–water partition coefficient (Wildman–Crippen LogP) is 2.72. The van der Waals surface area contributed by atoms with Crippen LogP contribution in [0.3, 0.4) is 0 Å². The van der Waals surface area contributed by atoms with Gasteiger partial charge in [0, 0.05) is 6.61 Å². The number of ether oxygens (including phenoxy) is 1. The van der Waals surface area contributed by atoms with Crippen LogP contribution in [-0.2, 0) is 4.74 Å². The van der Waals surface area contributed by atoms with Crippen LogP contribution in [0.15, 0.2) is 29.8 Å². The number of nitrogens with one attached hydrogen (secondary N) is 2. The highest BCUT2D eigenvalue weighted by molar-refractivity contribution is 7.13. The summed E-state index contributed by atoms with van der Waals surface area (Å²) in [6.45, 7) is 0.669. The molecule has 2 aromatic rings. The first-order valence-corrected chi connectivity index (χ1v) is 7.81. The van der Waals surface area contributed by atoms with E-state index in [1.807, 2.05) is 0 Å². The van der Waals surface area contributed by atoms with Gasteiger partial charge in [-0.15, -0.1) is 10.2 Å². The summed E-state index contributed by atoms with van der Waals surface area (Å²) in [6.07, 6.45) is 1.68. The highest BCUT2D eigenvalue weighted by atomic mass is 32.1. The van der Waals surface area contributed by atoms with Gasteiger partial charge in [-0.25, -0.2) is 9.18 Å². The standard InChI is InChI=1S/C14H15FN4O2S/c15-10-5-3-9(4-6-10)12(11-2-1-7-21-11)17-13(20)18-14-19-16-8-22-14/h3-6,8,11-12H,1-2,7H2,(H2,17,18,19,20). The molecular formula is C14H15FN4O2S. The van der Waals surface area contributed by atoms with E-state index < -0.39 is 0 Å². The van der Waals surface area contributed by atoms with Crippen LogP contribution in [0.1, 0.15) is 24.4 Å². The van der Waals surface area contributed by atoms with E-state index in [2.05, 4.69) is 20.8 Å². The maximum absolute atomic E-state index is 13.1. The van der Waals surface area contributed by atoms with Crippen molar-refractivity contribution in [1.82, 2.24) is 15.5 Å². The molecule has 22 heavy (non-hydrogen) atoms. The van der Waals surface area contributed by atoms with E-state index in [4.69, 9.17) is 4.74 Å². The zero-order valence-corrected chi connectivity index (χ0v) is 12.5. The second-order valence-corrected chi connectivity index (χ2v) is 5.76. The molecule has 6 nitrogen and oxygen atoms in total. The van der Waals surface area contributed by atoms with Crippen molar-refractivity contribution in [3.8, 4) is 0 Å². The molecule has 2 atom stereocenters. The Kier molecular flexibility index (Phi) is 4.59. The monoisotopic (exact) mass is 322 g/mol. The van der Waals surface area contributed by atoms with Crippen molar-refractivity contribution in [2.75, 3.05) is 11.9 Å². The second kappa shape index (κ2) is 6.80. The third-order valence-corrected chi connectivity index (χ3v) is 4.04. The van der Waals surface area contributed by atoms with Crippen molar-refractivity contribution in [1.29, 1.82) is 0 Å². The van der Waals surface area contributed by atoms with E-state index >= 15 is 0 Å². The first-order valence-electron chi connectivity index (χ1n) is 6.93. The molecule has 1 aliphatic rings. The van der Waals surface area contributed by atoms with E-state index in [9.17, 15) is 9.18 Å². The third-order valence-electron chi connectivity index (χ3n) is 3.43. The molecule has 2 heterocycles. The summed E-state index contributed by atoms with van der Waals surface area (Å²) in [7, 11) is 0. The van der Waals surface area contributed by atoms with Crippen molar-refractivity contribution < 1.29 is 13.9 Å². The fourth-order valence-corrected chi connectivity index (χ4v) is 2.87. The van der Waals surface area contributed by atoms with Gasteiger partial charge in [0.15, 0.2) is 0 Å². The van der Waals surface area contributed by atoms with E-state index in [1.165, 1.54) is 29.0 Å². The molecule has 8 heteroatoms. The summed E-state index contributed by atoms with van der Waals surface area (Å²) in [5.74, 6) is -0.312. The molecule has 0 aliphatic carbocycles. The number of carbonyl (C=O) groups excluding carboxylic acids is 1. The van der Waals surface area contributed by atoms with Gasteiger partial charge in [0.05, 0.1) is 12.1 Å². The number of amides is 2. The van der Waals surface area contributed by atoms with Gasteiger partial charge < -0.3 is 10.1 Å². The molecular weight excluding hydrogens is 307 g/mol. The smallest absolute Gasteiger partial charge is 0.321 e. The van der Waals surface area contributed by atoms with Gasteiger partial charge in [0.1, 0.15) is 11.3 Å². The minimum Gasteiger partial charge on any atom is -0.376 e. The van der Waals surface area contributed by atoms with E-state index in [0.29, 0.717) is 11.7 Å². The molecule has 1 aromatic heterocycles. The first-order chi connectivity index (χ1) is 10.7. The Morgan fingerprint density at radius 3 is 2.86 bits per heavy atom. The molecule has 116 valence electrons. The van der Waals surface area contributed by atoms with E-state index in [0.717, 1.165) is 18.4 Å². The second-order valence-electron chi connectivity index (χ2n) is 4.92. The van der Waals surface area contributed by atoms with Crippen LogP contribution >= 0.6 is 11.3 Å². The van der Waals surface area contributed by atoms with Gasteiger partial charge >= 0.3 is 6.03 Å². The zero-order valence-electron chi connectivity index (χ0n) is 11.7. The molecule has 0 saturated carbocycles. The van der Waals surface area contributed by atoms with Crippen molar-refractivity contribution in [3.05, 3.63) is 41.2 Å². The van der Waals surface area contributed by atoms with E-state index in [-0.39, 0.29) is 24.0 Å². The van der Waals surface area contributed by atoms with Gasteiger partial charge in [-0.2, -0.15) is 0 Å². The van der Waals surface area contributed by atoms with Gasteiger partial charge in [-0.1, -0.05) is 23.5 Å². The predicted molar refractivity (Wildman–Crippen MR) is 80.2 cm³/mol. The lowest BCUT2D eigenvalue weighted by atomic mass is 9.99. The van der Waals surface area contributed by atoms with Crippen LogP contribution in [0.4, 0.5) is 14.3 Å². The molecule has 0 bridgehead atoms. The molecule has 2 unspecified atom stereocenters. The number of nitrogens with zero attached hydrogens (tertiary/aromatic N) is 2. The lowest BCUT2D eigenvalue weighted by molar-refractivity contribution is 0.0815. The van der Waals surface area contributed by atoms with Crippen LogP contribution in [0.5, 0.6) is 0 Å². The van der Waals surface area contributed by atoms with Gasteiger partial charge in [0.2, 0.25) is 5.13 Å². The number of rotatable bonds is 4. The van der Waals surface area contributed by atoms with Gasteiger partial charge in [-0.05, 0) is 30.5 Å². The Bertz CT molecular complexity index is 614. The quantitative estimate of drug-likeness (QED) is 0.907. The topological polar surface area (TPSA) is 76.1 Å². The Hall–Kier alpha value is -2.06. The zero-order chi connectivity index (χ0) is 15.4. The number of benzene rings is 1. The van der Waals surface area contributed by atoms with E-state index in [1.54, 1.807) is 12.1 Å². The van der Waals surface area contributed by atoms with Gasteiger partial charge in [0.25, 0.3) is 0 Å². The van der Waals surface area contributed by atoms with Crippen LogP contribution < -0.4 is 10.6 Å². The Labute approximate surface area is 130 Å². The number of urea groups is 1. The summed E-state index contributed by atoms with van der Waals surface area (Å²) >= 11 is 1.23. The Morgan fingerprint density at radius 1 is 1.41 bits per heavy atom. The fourth-order valence-electron chi connectivity index (χ4n) is 2.43. The van der Waals surface area contributed by atoms with Crippen LogP contribution in [-0.4, -0.2) is 28.9 Å². The number of hydrogen-bond donors (Lipinski definition) is 2. The lowest BCUT2D eigenvalue weighted by Crippen LogP contribution is -2.38. The summed E-state index contributed by atoms with van der Waals surface area (Å²) in [6, 6.07) is 5.35. The minimum absolute atomic E-state index is 0.120. The molecule has 3 rings (SSSR count). The molecule has 1 aliphatic heterocycles. The number of hydrogen-bond acceptors (Lipinski definition) is 5. The maximum Gasteiger partial charge on any atom is 0.321 e. The number of halogens is 1. The summed E-state index contributed by atoms with van der Waals surface area (Å²) in [5, 5.41) is 13.3. The van der Waals surface area contributed by atoms with Crippen LogP contribution in [0.2, 0.25) is 0 Å². The van der Waals surface area contributed by atoms with Crippen LogP contribution in [0.25, 0.3) is 0 Å². The number of anilines is 1. The maximum atomic E-state index is 13.1. The molecule has 2 amide bonds. The lowest BCUT2D eigenvalue weighted by Gasteiger charge is -2.24. The van der Waals surface area contributed by atoms with Crippen LogP contribution in [0, 0.1) is 5.82 Å². The summed E-state index contributed by atoms with van der Waals surface area (Å²) < 4.78 is 18.8. The van der Waals surface area contributed by atoms with Crippen molar-refractivity contribution >= 4 is 22.5 Å². The fraction of sp³-hybridized carbons (Fsp3) is 0.357. The highest BCUT2D eigenvalue weighted by Gasteiger charge is 2.29. The normalized spacial score (nSPS) is 18.9. The SMILES string of the molecule is O=C(Nc1nncs1)NC(c1ccc(F)cc1)C1CCCO1. The Balaban J connectivity index is 1.73. The molecule has 2 N–H and O–H groups in total. The Morgan fingerprint density at radius 2 is 2.23 bits per heavy atom. The average molecular weight is 322 g/mol.